The van der Waals surface area contributed by atoms with Gasteiger partial charge in [-0.2, -0.15) is 13.2 Å². The average Bonchev–Trinajstić information content (AvgIpc) is 2.83. The van der Waals surface area contributed by atoms with Crippen molar-refractivity contribution in [1.29, 1.82) is 0 Å². The first-order valence-electron chi connectivity index (χ1n) is 10.7. The van der Waals surface area contributed by atoms with Gasteiger partial charge in [0.25, 0.3) is 0 Å². The number of ether oxygens (including phenoxy) is 1. The molecular formula is C27H27F3N2O2. The lowest BCUT2D eigenvalue weighted by Gasteiger charge is -2.18. The van der Waals surface area contributed by atoms with E-state index in [9.17, 15) is 13.2 Å². The van der Waals surface area contributed by atoms with Crippen LogP contribution >= 0.6 is 0 Å². The number of benzene rings is 3. The molecule has 3 N–H and O–H groups in total. The highest BCUT2D eigenvalue weighted by molar-refractivity contribution is 5.70. The van der Waals surface area contributed by atoms with Gasteiger partial charge in [0.1, 0.15) is 12.4 Å². The summed E-state index contributed by atoms with van der Waals surface area (Å²) in [6, 6.07) is 19.4. The third kappa shape index (κ3) is 6.56. The fourth-order valence-corrected chi connectivity index (χ4v) is 3.37. The van der Waals surface area contributed by atoms with E-state index in [-0.39, 0.29) is 19.0 Å². The quantitative estimate of drug-likeness (QED) is 0.398. The predicted molar refractivity (Wildman–Crippen MR) is 130 cm³/mol. The van der Waals surface area contributed by atoms with Crippen molar-refractivity contribution in [3.05, 3.63) is 95.2 Å². The lowest BCUT2D eigenvalue weighted by molar-refractivity contribution is -0.139. The van der Waals surface area contributed by atoms with E-state index in [1.807, 2.05) is 54.6 Å². The van der Waals surface area contributed by atoms with Gasteiger partial charge in [-0.15, -0.1) is 0 Å². The van der Waals surface area contributed by atoms with E-state index in [4.69, 9.17) is 15.6 Å². The standard InChI is InChI=1S/C27H27F3N2O2/c1-18-12-23(19(2)14-32-15-24(31)16-33)13-25(27(28,29)30)26(18)34-17-20-8-10-22(11-9-20)21-6-4-3-5-7-21/h3-15,24,33H,16-17,31H2,1-2H3/b19-14+,32-15?. The highest BCUT2D eigenvalue weighted by Gasteiger charge is 2.35. The van der Waals surface area contributed by atoms with Crippen LogP contribution in [0.2, 0.25) is 0 Å². The predicted octanol–water partition coefficient (Wildman–Crippen LogP) is 6.01. The molecule has 0 saturated heterocycles. The van der Waals surface area contributed by atoms with Crippen molar-refractivity contribution in [2.45, 2.75) is 32.7 Å². The summed E-state index contributed by atoms with van der Waals surface area (Å²) in [7, 11) is 0. The molecule has 4 nitrogen and oxygen atoms in total. The van der Waals surface area contributed by atoms with E-state index in [1.165, 1.54) is 12.4 Å². The molecule has 1 unspecified atom stereocenters. The van der Waals surface area contributed by atoms with Gasteiger partial charge in [0.2, 0.25) is 0 Å². The van der Waals surface area contributed by atoms with Crippen LogP contribution in [0.4, 0.5) is 13.2 Å². The van der Waals surface area contributed by atoms with Gasteiger partial charge >= 0.3 is 6.18 Å². The Hall–Kier alpha value is -3.42. The van der Waals surface area contributed by atoms with Crippen molar-refractivity contribution in [2.24, 2.45) is 10.7 Å². The van der Waals surface area contributed by atoms with E-state index >= 15 is 0 Å². The molecule has 34 heavy (non-hydrogen) atoms. The second-order valence-electron chi connectivity index (χ2n) is 7.98. The second-order valence-corrected chi connectivity index (χ2v) is 7.98. The Morgan fingerprint density at radius 3 is 2.32 bits per heavy atom. The SMILES string of the molecule is C/C(=C\N=CC(N)CO)c1cc(C)c(OCc2ccc(-c3ccccc3)cc2)c(C(F)(F)F)c1. The van der Waals surface area contributed by atoms with Crippen LogP contribution < -0.4 is 10.5 Å². The number of nitrogens with zero attached hydrogens (tertiary/aromatic N) is 1. The van der Waals surface area contributed by atoms with E-state index in [2.05, 4.69) is 4.99 Å². The molecule has 0 aliphatic carbocycles. The van der Waals surface area contributed by atoms with Crippen LogP contribution in [0, 0.1) is 6.92 Å². The fraction of sp³-hybridized carbons (Fsp3) is 0.222. The number of hydrogen-bond acceptors (Lipinski definition) is 4. The topological polar surface area (TPSA) is 67.8 Å². The maximum absolute atomic E-state index is 13.9. The maximum Gasteiger partial charge on any atom is 0.419 e. The van der Waals surface area contributed by atoms with Gasteiger partial charge in [-0.25, -0.2) is 0 Å². The zero-order valence-corrected chi connectivity index (χ0v) is 19.0. The van der Waals surface area contributed by atoms with Gasteiger partial charge in [-0.05, 0) is 59.4 Å². The Kier molecular flexibility index (Phi) is 8.26. The molecule has 3 rings (SSSR count). The summed E-state index contributed by atoms with van der Waals surface area (Å²) in [6.45, 7) is 2.99. The molecule has 3 aromatic rings. The minimum absolute atomic E-state index is 0.0104. The van der Waals surface area contributed by atoms with E-state index in [1.54, 1.807) is 19.9 Å². The number of hydrogen-bond donors (Lipinski definition) is 2. The smallest absolute Gasteiger partial charge is 0.419 e. The maximum atomic E-state index is 13.9. The molecule has 0 fully saturated rings. The van der Waals surface area contributed by atoms with Crippen molar-refractivity contribution in [2.75, 3.05) is 6.61 Å². The summed E-state index contributed by atoms with van der Waals surface area (Å²) in [5.41, 5.74) is 8.82. The first-order valence-corrected chi connectivity index (χ1v) is 10.7. The van der Waals surface area contributed by atoms with Crippen LogP contribution in [0.5, 0.6) is 5.75 Å². The van der Waals surface area contributed by atoms with Gasteiger partial charge < -0.3 is 15.6 Å². The van der Waals surface area contributed by atoms with Crippen LogP contribution in [0.1, 0.15) is 29.2 Å². The normalized spacial score (nSPS) is 13.3. The van der Waals surface area contributed by atoms with Gasteiger partial charge in [-0.1, -0.05) is 54.6 Å². The third-order valence-corrected chi connectivity index (χ3v) is 5.24. The van der Waals surface area contributed by atoms with Crippen molar-refractivity contribution in [3.63, 3.8) is 0 Å². The zero-order chi connectivity index (χ0) is 24.7. The van der Waals surface area contributed by atoms with Crippen LogP contribution in [0.25, 0.3) is 16.7 Å². The molecule has 0 saturated carbocycles. The van der Waals surface area contributed by atoms with Crippen molar-refractivity contribution < 1.29 is 23.0 Å². The highest BCUT2D eigenvalue weighted by atomic mass is 19.4. The summed E-state index contributed by atoms with van der Waals surface area (Å²) in [5, 5.41) is 8.93. The van der Waals surface area contributed by atoms with Gasteiger partial charge in [0, 0.05) is 12.4 Å². The van der Waals surface area contributed by atoms with E-state index in [0.29, 0.717) is 16.7 Å². The molecular weight excluding hydrogens is 441 g/mol. The van der Waals surface area contributed by atoms with Gasteiger partial charge in [0.05, 0.1) is 18.2 Å². The summed E-state index contributed by atoms with van der Waals surface area (Å²) in [5.74, 6) is -0.193. The monoisotopic (exact) mass is 468 g/mol. The van der Waals surface area contributed by atoms with Gasteiger partial charge in [-0.3, -0.25) is 4.99 Å². The molecule has 0 bridgehead atoms. The lowest BCUT2D eigenvalue weighted by atomic mass is 10.00. The Balaban J connectivity index is 1.82. The Morgan fingerprint density at radius 1 is 1.06 bits per heavy atom. The van der Waals surface area contributed by atoms with Crippen LogP contribution in [0.15, 0.2) is 77.9 Å². The Labute approximate surface area is 197 Å². The number of allylic oxidation sites excluding steroid dienone is 1. The second kappa shape index (κ2) is 11.1. The number of aryl methyl sites for hydroxylation is 1. The highest BCUT2D eigenvalue weighted by Crippen LogP contribution is 2.40. The number of aliphatic imine (C=N–C) groups is 1. The largest absolute Gasteiger partial charge is 0.488 e. The van der Waals surface area contributed by atoms with Crippen molar-refractivity contribution in [3.8, 4) is 16.9 Å². The Morgan fingerprint density at radius 2 is 1.71 bits per heavy atom. The first kappa shape index (κ1) is 25.2. The molecule has 3 aromatic carbocycles. The number of halogens is 3. The molecule has 0 aliphatic rings. The molecule has 7 heteroatoms. The molecule has 0 heterocycles. The summed E-state index contributed by atoms with van der Waals surface area (Å²) >= 11 is 0. The van der Waals surface area contributed by atoms with Crippen molar-refractivity contribution >= 4 is 11.8 Å². The number of aliphatic hydroxyl groups excluding tert-OH is 1. The summed E-state index contributed by atoms with van der Waals surface area (Å²) < 4.78 is 47.3. The molecule has 0 aliphatic heterocycles. The molecule has 0 spiro atoms. The number of aliphatic hydroxyl groups is 1. The molecule has 0 radical (unpaired) electrons. The molecule has 178 valence electrons. The average molecular weight is 469 g/mol. The fourth-order valence-electron chi connectivity index (χ4n) is 3.37. The number of nitrogens with two attached hydrogens (primary N) is 1. The summed E-state index contributed by atoms with van der Waals surface area (Å²) in [6.07, 6.45) is -1.84. The van der Waals surface area contributed by atoms with Gasteiger partial charge in [0.15, 0.2) is 0 Å². The molecule has 0 aromatic heterocycles. The van der Waals surface area contributed by atoms with Crippen LogP contribution in [0.3, 0.4) is 0 Å². The van der Waals surface area contributed by atoms with E-state index < -0.39 is 17.8 Å². The minimum Gasteiger partial charge on any atom is -0.488 e. The number of rotatable bonds is 8. The summed E-state index contributed by atoms with van der Waals surface area (Å²) in [4.78, 5) is 3.98. The minimum atomic E-state index is -4.59. The van der Waals surface area contributed by atoms with Crippen LogP contribution in [-0.2, 0) is 12.8 Å². The molecule has 0 amide bonds. The lowest BCUT2D eigenvalue weighted by Crippen LogP contribution is -2.25. The molecule has 1 atom stereocenters. The number of alkyl halides is 3. The zero-order valence-electron chi connectivity index (χ0n) is 19.0. The first-order chi connectivity index (χ1) is 16.2. The van der Waals surface area contributed by atoms with Crippen molar-refractivity contribution in [1.82, 2.24) is 0 Å². The van der Waals surface area contributed by atoms with Crippen LogP contribution in [-0.4, -0.2) is 24.0 Å². The van der Waals surface area contributed by atoms with E-state index in [0.717, 1.165) is 22.8 Å². The Bertz CT molecular complexity index is 1150. The third-order valence-electron chi connectivity index (χ3n) is 5.24.